The zero-order valence-corrected chi connectivity index (χ0v) is 14.0. The van der Waals surface area contributed by atoms with Crippen LogP contribution in [0.1, 0.15) is 32.1 Å². The van der Waals surface area contributed by atoms with Crippen molar-refractivity contribution in [2.24, 2.45) is 11.8 Å². The summed E-state index contributed by atoms with van der Waals surface area (Å²) >= 11 is 0. The third-order valence-electron chi connectivity index (χ3n) is 4.59. The molecule has 0 unspecified atom stereocenters. The Kier molecular flexibility index (Phi) is 3.71. The maximum atomic E-state index is 13.9. The van der Waals surface area contributed by atoms with Gasteiger partial charge in [-0.15, -0.1) is 5.10 Å². The average Bonchev–Trinajstić information content (AvgIpc) is 3.18. The Hall–Kier alpha value is -2.83. The number of nitrogens with zero attached hydrogens (tertiary/aromatic N) is 4. The summed E-state index contributed by atoms with van der Waals surface area (Å²) < 4.78 is 15.5. The first-order valence-electron chi connectivity index (χ1n) is 8.30. The van der Waals surface area contributed by atoms with E-state index in [2.05, 4.69) is 27.3 Å². The van der Waals surface area contributed by atoms with Crippen molar-refractivity contribution in [1.82, 2.24) is 24.9 Å². The van der Waals surface area contributed by atoms with E-state index in [0.717, 1.165) is 6.42 Å². The lowest BCUT2D eigenvalue weighted by molar-refractivity contribution is -0.123. The van der Waals surface area contributed by atoms with Gasteiger partial charge in [0.05, 0.1) is 11.7 Å². The molecule has 6 nitrogen and oxygen atoms in total. The second-order valence-corrected chi connectivity index (χ2v) is 6.58. The lowest BCUT2D eigenvalue weighted by atomic mass is 10.1. The molecular formula is C18H18FN5O. The summed E-state index contributed by atoms with van der Waals surface area (Å²) in [5.74, 6) is 0.777. The van der Waals surface area contributed by atoms with E-state index in [1.165, 1.54) is 16.9 Å². The van der Waals surface area contributed by atoms with E-state index in [9.17, 15) is 9.18 Å². The van der Waals surface area contributed by atoms with Gasteiger partial charge in [0.2, 0.25) is 5.91 Å². The first-order valence-corrected chi connectivity index (χ1v) is 8.30. The minimum Gasteiger partial charge on any atom is -0.346 e. The normalized spacial score (nSPS) is 20.4. The van der Waals surface area contributed by atoms with Gasteiger partial charge in [-0.1, -0.05) is 19.1 Å². The summed E-state index contributed by atoms with van der Waals surface area (Å²) in [6.07, 6.45) is 2.44. The number of amides is 1. The van der Waals surface area contributed by atoms with Gasteiger partial charge in [-0.25, -0.2) is 18.9 Å². The minimum atomic E-state index is -0.335. The number of rotatable bonds is 4. The number of aromatic nitrogens is 4. The van der Waals surface area contributed by atoms with Gasteiger partial charge >= 0.3 is 0 Å². The lowest BCUT2D eigenvalue weighted by Crippen LogP contribution is -2.29. The number of benzene rings is 1. The van der Waals surface area contributed by atoms with Crippen LogP contribution in [0.25, 0.3) is 16.9 Å². The third-order valence-corrected chi connectivity index (χ3v) is 4.59. The molecule has 1 amide bonds. The average molecular weight is 339 g/mol. The number of hydrogen-bond donors (Lipinski definition) is 1. The molecule has 128 valence electrons. The van der Waals surface area contributed by atoms with Crippen LogP contribution >= 0.6 is 0 Å². The predicted molar refractivity (Wildman–Crippen MR) is 90.0 cm³/mol. The molecule has 1 aromatic carbocycles. The molecule has 3 atom stereocenters. The Bertz CT molecular complexity index is 954. The molecule has 1 saturated carbocycles. The van der Waals surface area contributed by atoms with Gasteiger partial charge in [-0.3, -0.25) is 4.79 Å². The third kappa shape index (κ3) is 2.97. The van der Waals surface area contributed by atoms with Gasteiger partial charge in [-0.05, 0) is 31.4 Å². The molecule has 2 aromatic heterocycles. The highest BCUT2D eigenvalue weighted by molar-refractivity contribution is 5.81. The van der Waals surface area contributed by atoms with Gasteiger partial charge in [0.15, 0.2) is 11.5 Å². The SMILES string of the molecule is C[C@H](NC(=O)[C@@H]1C[C@H]1C)c1nc2cc(-c3ccccc3F)ncn2n1. The Balaban J connectivity index is 1.60. The zero-order chi connectivity index (χ0) is 17.6. The van der Waals surface area contributed by atoms with E-state index in [1.54, 1.807) is 24.3 Å². The summed E-state index contributed by atoms with van der Waals surface area (Å²) in [5.41, 5.74) is 1.47. The fourth-order valence-corrected chi connectivity index (χ4v) is 2.88. The van der Waals surface area contributed by atoms with E-state index in [-0.39, 0.29) is 23.7 Å². The molecule has 1 fully saturated rings. The minimum absolute atomic E-state index is 0.0454. The van der Waals surface area contributed by atoms with Gasteiger partial charge in [0.1, 0.15) is 12.1 Å². The van der Waals surface area contributed by atoms with Crippen molar-refractivity contribution in [2.75, 3.05) is 0 Å². The molecule has 4 rings (SSSR count). The molecule has 2 heterocycles. The molecule has 1 N–H and O–H groups in total. The molecule has 0 bridgehead atoms. The highest BCUT2D eigenvalue weighted by Crippen LogP contribution is 2.38. The van der Waals surface area contributed by atoms with Crippen molar-refractivity contribution in [1.29, 1.82) is 0 Å². The van der Waals surface area contributed by atoms with Gasteiger partial charge in [0.25, 0.3) is 0 Å². The monoisotopic (exact) mass is 339 g/mol. The maximum absolute atomic E-state index is 13.9. The first kappa shape index (κ1) is 15.7. The van der Waals surface area contributed by atoms with Gasteiger partial charge < -0.3 is 5.32 Å². The molecular weight excluding hydrogens is 321 g/mol. The Morgan fingerprint density at radius 1 is 1.40 bits per heavy atom. The molecule has 0 spiro atoms. The van der Waals surface area contributed by atoms with Gasteiger partial charge in [0, 0.05) is 17.5 Å². The molecule has 25 heavy (non-hydrogen) atoms. The number of carbonyl (C=O) groups is 1. The van der Waals surface area contributed by atoms with Crippen LogP contribution in [0.2, 0.25) is 0 Å². The fraction of sp³-hybridized carbons (Fsp3) is 0.333. The molecule has 7 heteroatoms. The highest BCUT2D eigenvalue weighted by Gasteiger charge is 2.39. The summed E-state index contributed by atoms with van der Waals surface area (Å²) in [6, 6.07) is 7.86. The standard InChI is InChI=1S/C18H18FN5O/c1-10-7-13(10)18(25)21-11(2)17-22-16-8-15(20-9-24(16)23-17)12-5-3-4-6-14(12)19/h3-6,8-11,13H,7H2,1-2H3,(H,21,25)/t10-,11+,13-/m1/s1. The largest absolute Gasteiger partial charge is 0.346 e. The Morgan fingerprint density at radius 2 is 2.16 bits per heavy atom. The van der Waals surface area contributed by atoms with Crippen LogP contribution in [-0.4, -0.2) is 25.5 Å². The van der Waals surface area contributed by atoms with E-state index < -0.39 is 0 Å². The van der Waals surface area contributed by atoms with E-state index in [0.29, 0.717) is 28.6 Å². The summed E-state index contributed by atoms with van der Waals surface area (Å²) in [4.78, 5) is 20.8. The van der Waals surface area contributed by atoms with Crippen LogP contribution in [0.4, 0.5) is 4.39 Å². The number of hydrogen-bond acceptors (Lipinski definition) is 4. The lowest BCUT2D eigenvalue weighted by Gasteiger charge is -2.09. The summed E-state index contributed by atoms with van der Waals surface area (Å²) in [5, 5.41) is 7.30. The summed E-state index contributed by atoms with van der Waals surface area (Å²) in [7, 11) is 0. The number of nitrogens with one attached hydrogen (secondary N) is 1. The first-order chi connectivity index (χ1) is 12.0. The van der Waals surface area contributed by atoms with E-state index in [1.807, 2.05) is 6.92 Å². The molecule has 1 aliphatic rings. The quantitative estimate of drug-likeness (QED) is 0.793. The topological polar surface area (TPSA) is 72.2 Å². The van der Waals surface area contributed by atoms with Crippen LogP contribution in [0, 0.1) is 17.7 Å². The van der Waals surface area contributed by atoms with Crippen LogP contribution in [0.15, 0.2) is 36.7 Å². The molecule has 0 aliphatic heterocycles. The smallest absolute Gasteiger partial charge is 0.223 e. The van der Waals surface area contributed by atoms with Crippen molar-refractivity contribution in [3.63, 3.8) is 0 Å². The van der Waals surface area contributed by atoms with Crippen LogP contribution < -0.4 is 5.32 Å². The van der Waals surface area contributed by atoms with Crippen molar-refractivity contribution < 1.29 is 9.18 Å². The second kappa shape index (κ2) is 5.91. The van der Waals surface area contributed by atoms with E-state index in [4.69, 9.17) is 0 Å². The number of fused-ring (bicyclic) bond motifs is 1. The van der Waals surface area contributed by atoms with Crippen LogP contribution in [0.3, 0.4) is 0 Å². The molecule has 0 saturated heterocycles. The molecule has 1 aliphatic carbocycles. The fourth-order valence-electron chi connectivity index (χ4n) is 2.88. The number of halogens is 1. The van der Waals surface area contributed by atoms with Crippen molar-refractivity contribution in [3.8, 4) is 11.3 Å². The second-order valence-electron chi connectivity index (χ2n) is 6.58. The van der Waals surface area contributed by atoms with Crippen molar-refractivity contribution in [3.05, 3.63) is 48.3 Å². The highest BCUT2D eigenvalue weighted by atomic mass is 19.1. The van der Waals surface area contributed by atoms with E-state index >= 15 is 0 Å². The van der Waals surface area contributed by atoms with Crippen LogP contribution in [-0.2, 0) is 4.79 Å². The summed E-state index contributed by atoms with van der Waals surface area (Å²) in [6.45, 7) is 3.92. The zero-order valence-electron chi connectivity index (χ0n) is 14.0. The molecule has 3 aromatic rings. The van der Waals surface area contributed by atoms with Crippen molar-refractivity contribution >= 4 is 11.6 Å². The molecule has 0 radical (unpaired) electrons. The van der Waals surface area contributed by atoms with Crippen LogP contribution in [0.5, 0.6) is 0 Å². The van der Waals surface area contributed by atoms with Gasteiger partial charge in [-0.2, -0.15) is 0 Å². The predicted octanol–water partition coefficient (Wildman–Crippen LogP) is 2.76. The maximum Gasteiger partial charge on any atom is 0.223 e. The van der Waals surface area contributed by atoms with Crippen molar-refractivity contribution in [2.45, 2.75) is 26.3 Å². The Morgan fingerprint density at radius 3 is 2.88 bits per heavy atom. The number of carbonyl (C=O) groups excluding carboxylic acids is 1. The Labute approximate surface area is 144 Å².